The Balaban J connectivity index is 0.00000162. The molecule has 1 saturated heterocycles. The number of carbonyl (C=O) groups excluding carboxylic acids is 1. The summed E-state index contributed by atoms with van der Waals surface area (Å²) in [5.74, 6) is 1.06. The highest BCUT2D eigenvalue weighted by Crippen LogP contribution is 2.35. The third kappa shape index (κ3) is 4.55. The number of rotatable bonds is 9. The molecule has 0 radical (unpaired) electrons. The zero-order valence-corrected chi connectivity index (χ0v) is 10.5. The summed E-state index contributed by atoms with van der Waals surface area (Å²) in [6.45, 7) is 2.68. The second-order valence-corrected chi connectivity index (χ2v) is 4.81. The van der Waals surface area contributed by atoms with E-state index in [1.165, 1.54) is 12.8 Å². The molecule has 2 aliphatic rings. The van der Waals surface area contributed by atoms with Crippen LogP contribution in [0.2, 0.25) is 0 Å². The van der Waals surface area contributed by atoms with Gasteiger partial charge in [0.1, 0.15) is 6.04 Å². The van der Waals surface area contributed by atoms with E-state index >= 15 is 0 Å². The minimum Gasteiger partial charge on any atom is -0.382 e. The van der Waals surface area contributed by atoms with Crippen molar-refractivity contribution >= 4 is 5.91 Å². The fourth-order valence-electron chi connectivity index (χ4n) is 2.01. The molecular weight excluding hydrogens is 232 g/mol. The van der Waals surface area contributed by atoms with E-state index in [-0.39, 0.29) is 19.4 Å². The van der Waals surface area contributed by atoms with E-state index in [9.17, 15) is 4.79 Å². The van der Waals surface area contributed by atoms with E-state index in [1.54, 1.807) is 12.1 Å². The summed E-state index contributed by atoms with van der Waals surface area (Å²) in [6.07, 6.45) is 4.51. The third-order valence-electron chi connectivity index (χ3n) is 3.24. The molecule has 1 unspecified atom stereocenters. The van der Waals surface area contributed by atoms with Crippen molar-refractivity contribution in [3.63, 3.8) is 0 Å². The van der Waals surface area contributed by atoms with Gasteiger partial charge in [-0.1, -0.05) is 20.3 Å². The molecule has 0 spiro atoms. The Morgan fingerprint density at radius 3 is 2.72 bits per heavy atom. The maximum Gasteiger partial charge on any atom is 0.255 e. The van der Waals surface area contributed by atoms with Gasteiger partial charge in [-0.25, -0.2) is 5.43 Å². The lowest BCUT2D eigenvalue weighted by Crippen LogP contribution is -2.66. The van der Waals surface area contributed by atoms with Crippen LogP contribution in [0, 0.1) is 5.92 Å². The SMILES string of the molecule is C.COCCOCCCN1NC(CC2CC2)C1=O. The Morgan fingerprint density at radius 2 is 2.11 bits per heavy atom. The summed E-state index contributed by atoms with van der Waals surface area (Å²) in [5.41, 5.74) is 3.21. The first-order chi connectivity index (χ1) is 8.31. The largest absolute Gasteiger partial charge is 0.382 e. The van der Waals surface area contributed by atoms with Crippen LogP contribution in [-0.4, -0.2) is 50.4 Å². The van der Waals surface area contributed by atoms with Crippen molar-refractivity contribution < 1.29 is 14.3 Å². The van der Waals surface area contributed by atoms with Crippen LogP contribution >= 0.6 is 0 Å². The van der Waals surface area contributed by atoms with Gasteiger partial charge in [-0.05, 0) is 18.8 Å². The second kappa shape index (κ2) is 7.71. The molecule has 0 bridgehead atoms. The lowest BCUT2D eigenvalue weighted by Gasteiger charge is -2.39. The van der Waals surface area contributed by atoms with Gasteiger partial charge in [0.05, 0.1) is 13.2 Å². The van der Waals surface area contributed by atoms with E-state index in [0.717, 1.165) is 25.3 Å². The standard InChI is InChI=1S/C12H22N2O3.CH4/c1-16-7-8-17-6-2-5-14-12(15)11(13-14)9-10-3-4-10;/h10-11,13H,2-9H2,1H3;1H4. The van der Waals surface area contributed by atoms with E-state index in [2.05, 4.69) is 5.43 Å². The summed E-state index contributed by atoms with van der Waals surface area (Å²) in [5, 5.41) is 1.72. The van der Waals surface area contributed by atoms with Crippen LogP contribution in [0.3, 0.4) is 0 Å². The van der Waals surface area contributed by atoms with Crippen molar-refractivity contribution in [3.05, 3.63) is 0 Å². The maximum absolute atomic E-state index is 11.7. The van der Waals surface area contributed by atoms with E-state index < -0.39 is 0 Å². The number of ether oxygens (including phenoxy) is 2. The molecular formula is C13H26N2O3. The van der Waals surface area contributed by atoms with Crippen molar-refractivity contribution in [2.24, 2.45) is 5.92 Å². The Hall–Kier alpha value is -0.650. The molecule has 1 heterocycles. The van der Waals surface area contributed by atoms with Gasteiger partial charge in [0.15, 0.2) is 0 Å². The first-order valence-electron chi connectivity index (χ1n) is 6.45. The molecule has 106 valence electrons. The monoisotopic (exact) mass is 258 g/mol. The molecule has 1 N–H and O–H groups in total. The highest BCUT2D eigenvalue weighted by molar-refractivity contribution is 5.86. The van der Waals surface area contributed by atoms with E-state index in [1.807, 2.05) is 0 Å². The molecule has 1 atom stereocenters. The predicted octanol–water partition coefficient (Wildman–Crippen LogP) is 1.19. The van der Waals surface area contributed by atoms with Gasteiger partial charge in [0, 0.05) is 20.3 Å². The maximum atomic E-state index is 11.7. The Morgan fingerprint density at radius 1 is 1.33 bits per heavy atom. The fourth-order valence-corrected chi connectivity index (χ4v) is 2.01. The van der Waals surface area contributed by atoms with Crippen LogP contribution in [0.25, 0.3) is 0 Å². The lowest BCUT2D eigenvalue weighted by atomic mass is 10.1. The molecule has 1 aliphatic carbocycles. The quantitative estimate of drug-likeness (QED) is 0.631. The lowest BCUT2D eigenvalue weighted by molar-refractivity contribution is -0.153. The minimum absolute atomic E-state index is 0. The molecule has 0 aromatic carbocycles. The topological polar surface area (TPSA) is 50.8 Å². The van der Waals surface area contributed by atoms with Crippen molar-refractivity contribution in [1.29, 1.82) is 0 Å². The number of hydrogen-bond acceptors (Lipinski definition) is 4. The third-order valence-corrected chi connectivity index (χ3v) is 3.24. The van der Waals surface area contributed by atoms with Crippen LogP contribution in [0.4, 0.5) is 0 Å². The van der Waals surface area contributed by atoms with Crippen molar-refractivity contribution in [1.82, 2.24) is 10.4 Å². The van der Waals surface area contributed by atoms with Crippen molar-refractivity contribution in [3.8, 4) is 0 Å². The fraction of sp³-hybridized carbons (Fsp3) is 0.923. The molecule has 18 heavy (non-hydrogen) atoms. The average Bonchev–Trinajstić information content (AvgIpc) is 3.14. The van der Waals surface area contributed by atoms with Crippen molar-refractivity contribution in [2.45, 2.75) is 39.2 Å². The van der Waals surface area contributed by atoms with Crippen LogP contribution in [0.1, 0.15) is 33.1 Å². The van der Waals surface area contributed by atoms with Crippen LogP contribution in [0.5, 0.6) is 0 Å². The summed E-state index contributed by atoms with van der Waals surface area (Å²) in [7, 11) is 1.66. The summed E-state index contributed by atoms with van der Waals surface area (Å²) in [6, 6.07) is 0.0944. The molecule has 0 aromatic rings. The molecule has 1 saturated carbocycles. The highest BCUT2D eigenvalue weighted by Gasteiger charge is 2.39. The van der Waals surface area contributed by atoms with Crippen molar-refractivity contribution in [2.75, 3.05) is 33.5 Å². The molecule has 2 rings (SSSR count). The number of nitrogens with one attached hydrogen (secondary N) is 1. The van der Waals surface area contributed by atoms with E-state index in [0.29, 0.717) is 19.8 Å². The summed E-state index contributed by atoms with van der Waals surface area (Å²) >= 11 is 0. The van der Waals surface area contributed by atoms with Gasteiger partial charge in [-0.15, -0.1) is 0 Å². The average molecular weight is 258 g/mol. The summed E-state index contributed by atoms with van der Waals surface area (Å²) in [4.78, 5) is 11.7. The molecule has 1 amide bonds. The number of hydrazine groups is 1. The second-order valence-electron chi connectivity index (χ2n) is 4.81. The van der Waals surface area contributed by atoms with Gasteiger partial charge in [-0.2, -0.15) is 0 Å². The zero-order chi connectivity index (χ0) is 12.1. The molecule has 0 aromatic heterocycles. The number of methoxy groups -OCH3 is 1. The van der Waals surface area contributed by atoms with Gasteiger partial charge in [0.25, 0.3) is 5.91 Å². The van der Waals surface area contributed by atoms with Gasteiger partial charge < -0.3 is 9.47 Å². The number of amides is 1. The highest BCUT2D eigenvalue weighted by atomic mass is 16.5. The first-order valence-corrected chi connectivity index (χ1v) is 6.45. The number of nitrogens with zero attached hydrogens (tertiary/aromatic N) is 1. The Labute approximate surface area is 110 Å². The number of carbonyl (C=O) groups is 1. The Kier molecular flexibility index (Phi) is 6.60. The van der Waals surface area contributed by atoms with Crippen LogP contribution < -0.4 is 5.43 Å². The molecule has 1 aliphatic heterocycles. The van der Waals surface area contributed by atoms with Gasteiger partial charge in [-0.3, -0.25) is 9.80 Å². The van der Waals surface area contributed by atoms with Crippen LogP contribution in [-0.2, 0) is 14.3 Å². The summed E-state index contributed by atoms with van der Waals surface area (Å²) < 4.78 is 10.2. The van der Waals surface area contributed by atoms with Crippen LogP contribution in [0.15, 0.2) is 0 Å². The van der Waals surface area contributed by atoms with Gasteiger partial charge >= 0.3 is 0 Å². The molecule has 2 fully saturated rings. The van der Waals surface area contributed by atoms with Gasteiger partial charge in [0.2, 0.25) is 0 Å². The minimum atomic E-state index is 0. The predicted molar refractivity (Wildman–Crippen MR) is 70.0 cm³/mol. The molecule has 5 heteroatoms. The number of hydrogen-bond donors (Lipinski definition) is 1. The van der Waals surface area contributed by atoms with E-state index in [4.69, 9.17) is 9.47 Å². The Bertz CT molecular complexity index is 257. The first kappa shape index (κ1) is 15.4. The molecule has 5 nitrogen and oxygen atoms in total. The zero-order valence-electron chi connectivity index (χ0n) is 10.5. The normalized spacial score (nSPS) is 22.6. The smallest absolute Gasteiger partial charge is 0.255 e.